The van der Waals surface area contributed by atoms with Crippen molar-refractivity contribution in [1.82, 2.24) is 18.8 Å². The molecule has 0 aliphatic carbocycles. The number of hydrogen-bond acceptors (Lipinski definition) is 5. The maximum atomic E-state index is 13.4. The Kier molecular flexibility index (Phi) is 7.79. The number of ether oxygens (including phenoxy) is 1. The molecule has 3 rings (SSSR count). The Labute approximate surface area is 182 Å². The van der Waals surface area contributed by atoms with Crippen LogP contribution in [0.15, 0.2) is 30.3 Å². The third kappa shape index (κ3) is 5.69. The van der Waals surface area contributed by atoms with Crippen molar-refractivity contribution in [2.24, 2.45) is 0 Å². The number of aromatic nitrogens is 2. The number of nitrogens with zero attached hydrogens (tertiary/aromatic N) is 3. The van der Waals surface area contributed by atoms with Crippen LogP contribution in [0.2, 0.25) is 0 Å². The number of carbonyl (C=O) groups is 1. The molecular formula is C21H29FN4O4S. The summed E-state index contributed by atoms with van der Waals surface area (Å²) in [6.45, 7) is 2.54. The first-order chi connectivity index (χ1) is 14.8. The first-order valence-corrected chi connectivity index (χ1v) is 11.9. The van der Waals surface area contributed by atoms with E-state index in [9.17, 15) is 17.6 Å². The lowest BCUT2D eigenvalue weighted by atomic mass is 10.1. The van der Waals surface area contributed by atoms with Gasteiger partial charge in [-0.3, -0.25) is 9.89 Å². The van der Waals surface area contributed by atoms with Crippen molar-refractivity contribution in [2.75, 3.05) is 26.7 Å². The summed E-state index contributed by atoms with van der Waals surface area (Å²) in [5, 5.41) is 7.13. The molecule has 1 aromatic heterocycles. The van der Waals surface area contributed by atoms with E-state index in [1.54, 1.807) is 19.1 Å². The monoisotopic (exact) mass is 452 g/mol. The van der Waals surface area contributed by atoms with Crippen LogP contribution in [-0.2, 0) is 26.2 Å². The van der Waals surface area contributed by atoms with Crippen LogP contribution < -0.4 is 0 Å². The molecule has 0 saturated carbocycles. The summed E-state index contributed by atoms with van der Waals surface area (Å²) in [6.07, 6.45) is 3.15. The lowest BCUT2D eigenvalue weighted by molar-refractivity contribution is -0.148. The molecule has 1 N–H and O–H groups in total. The Morgan fingerprint density at radius 1 is 1.35 bits per heavy atom. The Hall–Kier alpha value is -2.30. The van der Waals surface area contributed by atoms with Crippen LogP contribution in [-0.4, -0.2) is 66.0 Å². The Morgan fingerprint density at radius 2 is 2.16 bits per heavy atom. The number of carbonyl (C=O) groups excluding carboxylic acids is 1. The Balaban J connectivity index is 1.58. The Bertz CT molecular complexity index is 995. The summed E-state index contributed by atoms with van der Waals surface area (Å²) < 4.78 is 47.1. The fourth-order valence-corrected chi connectivity index (χ4v) is 5.32. The fourth-order valence-electron chi connectivity index (χ4n) is 3.73. The summed E-state index contributed by atoms with van der Waals surface area (Å²) in [7, 11) is -2.25. The molecule has 0 radical (unpaired) electrons. The number of benzene rings is 1. The average molecular weight is 453 g/mol. The van der Waals surface area contributed by atoms with Gasteiger partial charge in [0, 0.05) is 31.4 Å². The molecule has 1 aromatic carbocycles. The van der Waals surface area contributed by atoms with Gasteiger partial charge in [0.25, 0.3) is 10.2 Å². The van der Waals surface area contributed by atoms with E-state index in [-0.39, 0.29) is 12.4 Å². The van der Waals surface area contributed by atoms with E-state index in [2.05, 4.69) is 10.2 Å². The number of aryl methyl sites for hydroxylation is 1. The predicted octanol–water partition coefficient (Wildman–Crippen LogP) is 2.74. The van der Waals surface area contributed by atoms with Crippen LogP contribution in [0, 0.1) is 5.82 Å². The summed E-state index contributed by atoms with van der Waals surface area (Å²) in [5.41, 5.74) is 2.16. The van der Waals surface area contributed by atoms with Crippen molar-refractivity contribution < 1.29 is 22.3 Å². The molecule has 10 heteroatoms. The number of esters is 1. The normalized spacial score (nSPS) is 17.7. The third-order valence-corrected chi connectivity index (χ3v) is 7.37. The van der Waals surface area contributed by atoms with Crippen molar-refractivity contribution in [3.05, 3.63) is 41.8 Å². The smallest absolute Gasteiger partial charge is 0.324 e. The molecule has 1 atom stereocenters. The quantitative estimate of drug-likeness (QED) is 0.590. The molecular weight excluding hydrogens is 423 g/mol. The first kappa shape index (κ1) is 23.4. The van der Waals surface area contributed by atoms with E-state index < -0.39 is 22.2 Å². The lowest BCUT2D eigenvalue weighted by Gasteiger charge is -2.35. The largest absolute Gasteiger partial charge is 0.465 e. The zero-order valence-electron chi connectivity index (χ0n) is 17.9. The van der Waals surface area contributed by atoms with Gasteiger partial charge in [-0.2, -0.15) is 22.1 Å². The van der Waals surface area contributed by atoms with Crippen LogP contribution in [0.1, 0.15) is 38.3 Å². The lowest BCUT2D eigenvalue weighted by Crippen LogP contribution is -2.53. The number of aromatic amines is 1. The van der Waals surface area contributed by atoms with Gasteiger partial charge in [0.1, 0.15) is 11.9 Å². The number of H-pyrrole nitrogens is 1. The van der Waals surface area contributed by atoms with Gasteiger partial charge in [-0.1, -0.05) is 12.1 Å². The minimum atomic E-state index is -3.77. The summed E-state index contributed by atoms with van der Waals surface area (Å²) >= 11 is 0. The van der Waals surface area contributed by atoms with Crippen LogP contribution in [0.3, 0.4) is 0 Å². The van der Waals surface area contributed by atoms with Gasteiger partial charge in [0.15, 0.2) is 0 Å². The average Bonchev–Trinajstić information content (AvgIpc) is 3.23. The van der Waals surface area contributed by atoms with E-state index in [1.807, 2.05) is 6.07 Å². The minimum absolute atomic E-state index is 0.223. The van der Waals surface area contributed by atoms with Crippen molar-refractivity contribution in [2.45, 2.75) is 45.1 Å². The second-order valence-electron chi connectivity index (χ2n) is 7.60. The molecule has 0 bridgehead atoms. The molecule has 170 valence electrons. The number of rotatable bonds is 9. The van der Waals surface area contributed by atoms with Gasteiger partial charge in [0.05, 0.1) is 12.3 Å². The van der Waals surface area contributed by atoms with Crippen molar-refractivity contribution in [3.8, 4) is 11.3 Å². The molecule has 0 amide bonds. The highest BCUT2D eigenvalue weighted by Gasteiger charge is 2.39. The molecule has 0 spiro atoms. The molecule has 1 aliphatic rings. The van der Waals surface area contributed by atoms with Crippen molar-refractivity contribution >= 4 is 16.2 Å². The van der Waals surface area contributed by atoms with Crippen LogP contribution in [0.25, 0.3) is 11.3 Å². The highest BCUT2D eigenvalue weighted by atomic mass is 32.2. The van der Waals surface area contributed by atoms with Crippen molar-refractivity contribution in [3.63, 3.8) is 0 Å². The fraction of sp³-hybridized carbons (Fsp3) is 0.524. The van der Waals surface area contributed by atoms with Gasteiger partial charge >= 0.3 is 5.97 Å². The van der Waals surface area contributed by atoms with Crippen LogP contribution >= 0.6 is 0 Å². The summed E-state index contributed by atoms with van der Waals surface area (Å²) in [5.74, 6) is -0.811. The second kappa shape index (κ2) is 10.3. The zero-order valence-corrected chi connectivity index (χ0v) is 18.7. The van der Waals surface area contributed by atoms with E-state index in [4.69, 9.17) is 4.74 Å². The third-order valence-electron chi connectivity index (χ3n) is 5.37. The van der Waals surface area contributed by atoms with E-state index in [1.165, 1.54) is 27.8 Å². The van der Waals surface area contributed by atoms with E-state index in [0.29, 0.717) is 43.6 Å². The molecule has 1 fully saturated rings. The maximum Gasteiger partial charge on any atom is 0.324 e. The van der Waals surface area contributed by atoms with Gasteiger partial charge in [-0.05, 0) is 57.2 Å². The summed E-state index contributed by atoms with van der Waals surface area (Å²) in [6, 6.07) is 7.28. The second-order valence-corrected chi connectivity index (χ2v) is 9.58. The molecule has 1 aliphatic heterocycles. The van der Waals surface area contributed by atoms with Crippen molar-refractivity contribution in [1.29, 1.82) is 0 Å². The molecule has 0 unspecified atom stereocenters. The zero-order chi connectivity index (χ0) is 22.4. The Morgan fingerprint density at radius 3 is 2.90 bits per heavy atom. The van der Waals surface area contributed by atoms with Crippen LogP contribution in [0.5, 0.6) is 0 Å². The highest BCUT2D eigenvalue weighted by Crippen LogP contribution is 2.24. The molecule has 2 heterocycles. The minimum Gasteiger partial charge on any atom is -0.465 e. The van der Waals surface area contributed by atoms with Gasteiger partial charge in [-0.25, -0.2) is 4.39 Å². The topological polar surface area (TPSA) is 95.6 Å². The highest BCUT2D eigenvalue weighted by molar-refractivity contribution is 7.86. The molecule has 1 saturated heterocycles. The molecule has 2 aromatic rings. The van der Waals surface area contributed by atoms with Crippen LogP contribution in [0.4, 0.5) is 4.39 Å². The standard InChI is InChI=1S/C21H29FN4O4S/c1-3-30-21(27)20-11-4-5-13-26(20)31(28,29)25(2)12-7-10-18-15-19(24-23-18)16-8-6-9-17(22)14-16/h6,8-9,14-15,20H,3-5,7,10-13H2,1-2H3,(H,23,24)/t20-/m0/s1. The predicted molar refractivity (Wildman–Crippen MR) is 115 cm³/mol. The summed E-state index contributed by atoms with van der Waals surface area (Å²) in [4.78, 5) is 12.2. The first-order valence-electron chi connectivity index (χ1n) is 10.5. The van der Waals surface area contributed by atoms with Gasteiger partial charge in [-0.15, -0.1) is 0 Å². The van der Waals surface area contributed by atoms with Gasteiger partial charge < -0.3 is 4.74 Å². The van der Waals surface area contributed by atoms with E-state index >= 15 is 0 Å². The van der Waals surface area contributed by atoms with Gasteiger partial charge in [0.2, 0.25) is 0 Å². The number of nitrogens with one attached hydrogen (secondary N) is 1. The molecule has 31 heavy (non-hydrogen) atoms. The number of hydrogen-bond donors (Lipinski definition) is 1. The molecule has 8 nitrogen and oxygen atoms in total. The maximum absolute atomic E-state index is 13.4. The number of piperidine rings is 1. The van der Waals surface area contributed by atoms with E-state index in [0.717, 1.165) is 18.5 Å². The SMILES string of the molecule is CCOC(=O)[C@@H]1CCCCN1S(=O)(=O)N(C)CCCc1cc(-c2cccc(F)c2)n[nH]1. The number of halogens is 1.